The second kappa shape index (κ2) is 6.78. The Labute approximate surface area is 103 Å². The second-order valence-corrected chi connectivity index (χ2v) is 3.97. The van der Waals surface area contributed by atoms with Crippen LogP contribution >= 0.6 is 15.9 Å². The summed E-state index contributed by atoms with van der Waals surface area (Å²) in [6.45, 7) is 3.52. The summed E-state index contributed by atoms with van der Waals surface area (Å²) in [6, 6.07) is 0. The summed E-state index contributed by atoms with van der Waals surface area (Å²) in [5.41, 5.74) is 0.533. The normalized spacial score (nSPS) is 10.7. The fourth-order valence-corrected chi connectivity index (χ4v) is 1.77. The smallest absolute Gasteiger partial charge is 0.207 e. The number of methoxy groups -OCH3 is 1. The van der Waals surface area contributed by atoms with E-state index in [9.17, 15) is 4.79 Å². The van der Waals surface area contributed by atoms with Crippen LogP contribution in [0.5, 0.6) is 0 Å². The molecule has 0 amide bonds. The van der Waals surface area contributed by atoms with Gasteiger partial charge in [0.15, 0.2) is 0 Å². The van der Waals surface area contributed by atoms with E-state index in [1.807, 2.05) is 6.92 Å². The van der Waals surface area contributed by atoms with Crippen molar-refractivity contribution in [3.8, 4) is 0 Å². The first-order valence-electron chi connectivity index (χ1n) is 5.01. The molecule has 0 aliphatic heterocycles. The monoisotopic (exact) mass is 290 g/mol. The summed E-state index contributed by atoms with van der Waals surface area (Å²) in [5, 5.41) is 4.10. The van der Waals surface area contributed by atoms with E-state index in [0.717, 1.165) is 0 Å². The maximum atomic E-state index is 11.8. The van der Waals surface area contributed by atoms with Crippen molar-refractivity contribution in [1.29, 1.82) is 0 Å². The molecule has 0 saturated heterocycles. The Bertz CT molecular complexity index is 352. The van der Waals surface area contributed by atoms with Gasteiger partial charge in [-0.05, 0) is 22.9 Å². The molecule has 1 aromatic rings. The number of rotatable bonds is 7. The quantitative estimate of drug-likeness (QED) is 0.715. The van der Waals surface area contributed by atoms with Crippen LogP contribution in [0.25, 0.3) is 0 Å². The molecule has 0 radical (unpaired) electrons. The third kappa shape index (κ3) is 3.40. The largest absolute Gasteiger partial charge is 0.383 e. The molecule has 0 aliphatic carbocycles. The molecule has 0 bridgehead atoms. The first-order valence-corrected chi connectivity index (χ1v) is 5.81. The maximum absolute atomic E-state index is 11.8. The van der Waals surface area contributed by atoms with Crippen molar-refractivity contribution >= 4 is 21.7 Å². The lowest BCUT2D eigenvalue weighted by atomic mass is 10.3. The summed E-state index contributed by atoms with van der Waals surface area (Å²) in [7, 11) is 1.61. The van der Waals surface area contributed by atoms with E-state index in [-0.39, 0.29) is 12.4 Å². The van der Waals surface area contributed by atoms with Crippen LogP contribution in [-0.4, -0.2) is 42.5 Å². The van der Waals surface area contributed by atoms with Crippen LogP contribution in [-0.2, 0) is 16.0 Å². The van der Waals surface area contributed by atoms with Gasteiger partial charge in [-0.3, -0.25) is 9.48 Å². The van der Waals surface area contributed by atoms with Crippen molar-refractivity contribution in [3.63, 3.8) is 0 Å². The molecule has 0 atom stereocenters. The lowest BCUT2D eigenvalue weighted by Gasteiger charge is -2.06. The molecule has 6 heteroatoms. The Kier molecular flexibility index (Phi) is 5.65. The van der Waals surface area contributed by atoms with E-state index in [2.05, 4.69) is 21.0 Å². The molecule has 0 unspecified atom stereocenters. The molecule has 1 heterocycles. The number of Topliss-reactive ketones (excluding diaryl/α,β-unsaturated/α-hetero) is 1. The molecule has 0 aromatic carbocycles. The van der Waals surface area contributed by atoms with Gasteiger partial charge in [0.25, 0.3) is 0 Å². The predicted octanol–water partition coefficient (Wildman–Crippen LogP) is 1.51. The van der Waals surface area contributed by atoms with E-state index in [0.29, 0.717) is 29.9 Å². The number of aromatic nitrogens is 2. The first kappa shape index (κ1) is 13.3. The van der Waals surface area contributed by atoms with Gasteiger partial charge in [-0.25, -0.2) is 0 Å². The number of hydrogen-bond acceptors (Lipinski definition) is 4. The highest BCUT2D eigenvalue weighted by Gasteiger charge is 2.16. The van der Waals surface area contributed by atoms with Crippen LogP contribution < -0.4 is 0 Å². The molecular weight excluding hydrogens is 276 g/mol. The molecule has 1 rings (SSSR count). The van der Waals surface area contributed by atoms with E-state index in [4.69, 9.17) is 9.47 Å². The number of halogens is 1. The van der Waals surface area contributed by atoms with Crippen molar-refractivity contribution in [2.45, 2.75) is 13.5 Å². The second-order valence-electron chi connectivity index (χ2n) is 3.12. The van der Waals surface area contributed by atoms with Gasteiger partial charge in [-0.1, -0.05) is 0 Å². The van der Waals surface area contributed by atoms with Crippen LogP contribution in [0.2, 0.25) is 0 Å². The Morgan fingerprint density at radius 1 is 1.62 bits per heavy atom. The lowest BCUT2D eigenvalue weighted by Crippen LogP contribution is -2.17. The molecule has 5 nitrogen and oxygen atoms in total. The van der Waals surface area contributed by atoms with E-state index >= 15 is 0 Å². The van der Waals surface area contributed by atoms with Crippen LogP contribution in [0.3, 0.4) is 0 Å². The number of nitrogens with zero attached hydrogens (tertiary/aromatic N) is 2. The minimum Gasteiger partial charge on any atom is -0.383 e. The number of carbonyl (C=O) groups excluding carboxylic acids is 1. The van der Waals surface area contributed by atoms with Crippen LogP contribution in [0.15, 0.2) is 10.7 Å². The van der Waals surface area contributed by atoms with Gasteiger partial charge >= 0.3 is 0 Å². The fraction of sp³-hybridized carbons (Fsp3) is 0.600. The van der Waals surface area contributed by atoms with Gasteiger partial charge in [0, 0.05) is 13.7 Å². The van der Waals surface area contributed by atoms with Gasteiger partial charge < -0.3 is 9.47 Å². The zero-order valence-electron chi connectivity index (χ0n) is 9.40. The summed E-state index contributed by atoms with van der Waals surface area (Å²) < 4.78 is 12.4. The molecule has 0 aliphatic rings. The number of ether oxygens (including phenoxy) is 2. The third-order valence-corrected chi connectivity index (χ3v) is 2.58. The number of hydrogen-bond donors (Lipinski definition) is 0. The van der Waals surface area contributed by atoms with Gasteiger partial charge in [0.2, 0.25) is 5.78 Å². The summed E-state index contributed by atoms with van der Waals surface area (Å²) in [4.78, 5) is 11.8. The Balaban J connectivity index is 2.75. The molecule has 0 saturated carbocycles. The van der Waals surface area contributed by atoms with Gasteiger partial charge in [-0.15, -0.1) is 0 Å². The molecule has 1 aromatic heterocycles. The van der Waals surface area contributed by atoms with E-state index in [1.165, 1.54) is 0 Å². The molecule has 0 fully saturated rings. The Morgan fingerprint density at radius 2 is 2.38 bits per heavy atom. The average Bonchev–Trinajstić information content (AvgIpc) is 2.64. The number of carbonyl (C=O) groups is 1. The van der Waals surface area contributed by atoms with E-state index in [1.54, 1.807) is 18.0 Å². The van der Waals surface area contributed by atoms with Crippen molar-refractivity contribution in [3.05, 3.63) is 16.4 Å². The fourth-order valence-electron chi connectivity index (χ4n) is 1.25. The van der Waals surface area contributed by atoms with Crippen molar-refractivity contribution in [2.24, 2.45) is 0 Å². The first-order chi connectivity index (χ1) is 7.70. The Morgan fingerprint density at radius 3 is 3.00 bits per heavy atom. The predicted molar refractivity (Wildman–Crippen MR) is 62.6 cm³/mol. The minimum absolute atomic E-state index is 0.0772. The van der Waals surface area contributed by atoms with Crippen molar-refractivity contribution in [1.82, 2.24) is 9.78 Å². The van der Waals surface area contributed by atoms with E-state index < -0.39 is 0 Å². The maximum Gasteiger partial charge on any atom is 0.207 e. The molecule has 0 spiro atoms. The Hall–Kier alpha value is -0.720. The molecular formula is C10H15BrN2O3. The molecule has 0 N–H and O–H groups in total. The summed E-state index contributed by atoms with van der Waals surface area (Å²) in [6.07, 6.45) is 1.61. The highest BCUT2D eigenvalue weighted by molar-refractivity contribution is 9.10. The van der Waals surface area contributed by atoms with Crippen LogP contribution in [0.4, 0.5) is 0 Å². The van der Waals surface area contributed by atoms with Crippen LogP contribution in [0, 0.1) is 0 Å². The molecule has 90 valence electrons. The zero-order chi connectivity index (χ0) is 12.0. The van der Waals surface area contributed by atoms with Gasteiger partial charge in [0.1, 0.15) is 12.3 Å². The van der Waals surface area contributed by atoms with Gasteiger partial charge in [-0.2, -0.15) is 5.10 Å². The summed E-state index contributed by atoms with van der Waals surface area (Å²) in [5.74, 6) is -0.0812. The molecule has 16 heavy (non-hydrogen) atoms. The average molecular weight is 291 g/mol. The van der Waals surface area contributed by atoms with Crippen molar-refractivity contribution < 1.29 is 14.3 Å². The lowest BCUT2D eigenvalue weighted by molar-refractivity contribution is 0.0769. The summed E-state index contributed by atoms with van der Waals surface area (Å²) >= 11 is 3.30. The van der Waals surface area contributed by atoms with Crippen LogP contribution in [0.1, 0.15) is 17.4 Å². The zero-order valence-corrected chi connectivity index (χ0v) is 11.0. The topological polar surface area (TPSA) is 53.3 Å². The van der Waals surface area contributed by atoms with Gasteiger partial charge in [0.05, 0.1) is 23.8 Å². The standard InChI is InChI=1S/C10H15BrN2O3/c1-3-16-7-9(14)10-8(11)6-12-13(10)4-5-15-2/h6H,3-5,7H2,1-2H3. The highest BCUT2D eigenvalue weighted by atomic mass is 79.9. The SMILES string of the molecule is CCOCC(=O)c1c(Br)cnn1CCOC. The minimum atomic E-state index is -0.0812. The van der Waals surface area contributed by atoms with Crippen molar-refractivity contribution in [2.75, 3.05) is 26.9 Å². The third-order valence-electron chi connectivity index (χ3n) is 2.00. The number of ketones is 1. The highest BCUT2D eigenvalue weighted by Crippen LogP contribution is 2.16.